The lowest BCUT2D eigenvalue weighted by molar-refractivity contribution is -0.133. The summed E-state index contributed by atoms with van der Waals surface area (Å²) >= 11 is 0. The molecule has 0 bridgehead atoms. The number of benzene rings is 2. The second-order valence-corrected chi connectivity index (χ2v) is 8.52. The maximum Gasteiger partial charge on any atom is 0.264 e. The fourth-order valence-corrected chi connectivity index (χ4v) is 4.55. The molecule has 160 valence electrons. The summed E-state index contributed by atoms with van der Waals surface area (Å²) in [7, 11) is -2.77. The number of rotatable bonds is 7. The third-order valence-electron chi connectivity index (χ3n) is 4.86. The fourth-order valence-electron chi connectivity index (χ4n) is 3.13. The molecular weight excluding hydrogens is 413 g/mol. The number of amides is 2. The molecule has 1 heterocycles. The molecule has 0 aromatic heterocycles. The highest BCUT2D eigenvalue weighted by Gasteiger charge is 2.31. The molecule has 1 aliphatic heterocycles. The van der Waals surface area contributed by atoms with Crippen LogP contribution in [0.3, 0.4) is 0 Å². The van der Waals surface area contributed by atoms with Crippen molar-refractivity contribution in [3.63, 3.8) is 0 Å². The van der Waals surface area contributed by atoms with Crippen molar-refractivity contribution in [3.8, 4) is 5.75 Å². The predicted octanol–water partition coefficient (Wildman–Crippen LogP) is 1.33. The fraction of sp³-hybridized carbons (Fsp3) is 0.300. The number of carbonyl (C=O) groups excluding carboxylic acids is 2. The van der Waals surface area contributed by atoms with Gasteiger partial charge in [-0.1, -0.05) is 12.1 Å². The summed E-state index contributed by atoms with van der Waals surface area (Å²) in [5.41, 5.74) is -0.215. The van der Waals surface area contributed by atoms with Crippen LogP contribution >= 0.6 is 0 Å². The number of ether oxygens (including phenoxy) is 1. The van der Waals surface area contributed by atoms with Crippen molar-refractivity contribution < 1.29 is 27.1 Å². The Morgan fingerprint density at radius 3 is 2.30 bits per heavy atom. The molecule has 8 nitrogen and oxygen atoms in total. The number of methoxy groups -OCH3 is 1. The van der Waals surface area contributed by atoms with E-state index in [-0.39, 0.29) is 23.7 Å². The highest BCUT2D eigenvalue weighted by Crippen LogP contribution is 2.27. The number of halogens is 1. The summed E-state index contributed by atoms with van der Waals surface area (Å²) in [6.45, 7) is 0.729. The maximum absolute atomic E-state index is 14.5. The number of piperazine rings is 1. The van der Waals surface area contributed by atoms with Crippen LogP contribution in [0, 0.1) is 5.82 Å². The smallest absolute Gasteiger partial charge is 0.264 e. The third kappa shape index (κ3) is 4.54. The Morgan fingerprint density at radius 2 is 1.73 bits per heavy atom. The quantitative estimate of drug-likeness (QED) is 0.613. The van der Waals surface area contributed by atoms with Crippen molar-refractivity contribution in [2.24, 2.45) is 0 Å². The monoisotopic (exact) mass is 435 g/mol. The molecule has 1 saturated heterocycles. The number of hydrogen-bond donors (Lipinski definition) is 0. The van der Waals surface area contributed by atoms with Gasteiger partial charge in [-0.3, -0.25) is 13.9 Å². The lowest BCUT2D eigenvalue weighted by Gasteiger charge is -2.34. The van der Waals surface area contributed by atoms with Gasteiger partial charge in [-0.05, 0) is 36.4 Å². The molecule has 0 radical (unpaired) electrons. The van der Waals surface area contributed by atoms with E-state index < -0.39 is 28.3 Å². The van der Waals surface area contributed by atoms with Gasteiger partial charge in [0.1, 0.15) is 18.1 Å². The van der Waals surface area contributed by atoms with Crippen LogP contribution in [0.2, 0.25) is 0 Å². The Balaban J connectivity index is 1.92. The number of nitrogens with zero attached hydrogens (tertiary/aromatic N) is 3. The van der Waals surface area contributed by atoms with Gasteiger partial charge in [0.25, 0.3) is 10.0 Å². The number of sulfonamides is 1. The van der Waals surface area contributed by atoms with Gasteiger partial charge in [-0.2, -0.15) is 0 Å². The molecule has 1 aliphatic rings. The van der Waals surface area contributed by atoms with Crippen molar-refractivity contribution in [1.29, 1.82) is 0 Å². The van der Waals surface area contributed by atoms with Gasteiger partial charge in [0.05, 0.1) is 17.7 Å². The van der Waals surface area contributed by atoms with Crippen LogP contribution in [0.4, 0.5) is 10.1 Å². The molecule has 30 heavy (non-hydrogen) atoms. The topological polar surface area (TPSA) is 87.2 Å². The molecule has 2 aromatic rings. The van der Waals surface area contributed by atoms with Gasteiger partial charge in [-0.15, -0.1) is 0 Å². The van der Waals surface area contributed by atoms with E-state index in [0.29, 0.717) is 25.2 Å². The largest absolute Gasteiger partial charge is 0.497 e. The van der Waals surface area contributed by atoms with Crippen molar-refractivity contribution >= 4 is 28.0 Å². The van der Waals surface area contributed by atoms with Crippen molar-refractivity contribution in [1.82, 2.24) is 9.80 Å². The molecule has 0 saturated carbocycles. The van der Waals surface area contributed by atoms with Crippen LogP contribution in [0.25, 0.3) is 0 Å². The van der Waals surface area contributed by atoms with Gasteiger partial charge in [0, 0.05) is 26.2 Å². The summed E-state index contributed by atoms with van der Waals surface area (Å²) < 4.78 is 46.9. The summed E-state index contributed by atoms with van der Waals surface area (Å²) in [5, 5.41) is 0. The van der Waals surface area contributed by atoms with Crippen LogP contribution in [-0.2, 0) is 19.6 Å². The highest BCUT2D eigenvalue weighted by molar-refractivity contribution is 7.92. The minimum atomic E-state index is -4.23. The maximum atomic E-state index is 14.5. The molecule has 3 rings (SSSR count). The van der Waals surface area contributed by atoms with Crippen LogP contribution in [0.15, 0.2) is 53.4 Å². The van der Waals surface area contributed by atoms with Crippen molar-refractivity contribution in [2.45, 2.75) is 4.90 Å². The Hall–Kier alpha value is -3.14. The van der Waals surface area contributed by atoms with Crippen molar-refractivity contribution in [2.75, 3.05) is 44.1 Å². The molecule has 0 unspecified atom stereocenters. The molecular formula is C20H22FN3O5S. The van der Waals surface area contributed by atoms with Gasteiger partial charge in [-0.25, -0.2) is 12.8 Å². The summed E-state index contributed by atoms with van der Waals surface area (Å²) in [6.07, 6.45) is 0.710. The molecule has 10 heteroatoms. The summed E-state index contributed by atoms with van der Waals surface area (Å²) in [6, 6.07) is 11.0. The average Bonchev–Trinajstić information content (AvgIpc) is 2.78. The van der Waals surface area contributed by atoms with Crippen LogP contribution in [0.1, 0.15) is 0 Å². The zero-order chi connectivity index (χ0) is 21.7. The SMILES string of the molecule is COc1ccc(S(=O)(=O)N(CC(=O)N2CCN(C=O)CC2)c2ccccc2F)cc1. The number of para-hydroxylation sites is 1. The first-order chi connectivity index (χ1) is 14.4. The molecule has 0 N–H and O–H groups in total. The van der Waals surface area contributed by atoms with E-state index in [0.717, 1.165) is 10.4 Å². The Labute approximate surface area is 174 Å². The second-order valence-electron chi connectivity index (χ2n) is 6.66. The lowest BCUT2D eigenvalue weighted by atomic mass is 10.3. The Morgan fingerprint density at radius 1 is 1.10 bits per heavy atom. The van der Waals surface area contributed by atoms with Gasteiger partial charge in [0.2, 0.25) is 12.3 Å². The van der Waals surface area contributed by atoms with Crippen LogP contribution in [-0.4, -0.2) is 70.4 Å². The summed E-state index contributed by atoms with van der Waals surface area (Å²) in [5.74, 6) is -0.760. The summed E-state index contributed by atoms with van der Waals surface area (Å²) in [4.78, 5) is 26.6. The predicted molar refractivity (Wildman–Crippen MR) is 108 cm³/mol. The molecule has 2 amide bonds. The standard InChI is InChI=1S/C20H22FN3O5S/c1-29-16-6-8-17(9-7-16)30(27,28)24(19-5-3-2-4-18(19)21)14-20(26)23-12-10-22(15-25)11-13-23/h2-9,15H,10-14H2,1H3. The van der Waals surface area contributed by atoms with Gasteiger partial charge in [0.15, 0.2) is 0 Å². The van der Waals surface area contributed by atoms with Crippen LogP contribution in [0.5, 0.6) is 5.75 Å². The van der Waals surface area contributed by atoms with E-state index in [1.807, 2.05) is 0 Å². The molecule has 1 fully saturated rings. The second kappa shape index (κ2) is 9.12. The minimum Gasteiger partial charge on any atom is -0.497 e. The zero-order valence-corrected chi connectivity index (χ0v) is 17.2. The van der Waals surface area contributed by atoms with Crippen molar-refractivity contribution in [3.05, 3.63) is 54.3 Å². The van der Waals surface area contributed by atoms with E-state index >= 15 is 0 Å². The third-order valence-corrected chi connectivity index (χ3v) is 6.64. The number of carbonyl (C=O) groups is 2. The zero-order valence-electron chi connectivity index (χ0n) is 16.4. The molecule has 0 aliphatic carbocycles. The first-order valence-corrected chi connectivity index (χ1v) is 10.7. The minimum absolute atomic E-state index is 0.0925. The lowest BCUT2D eigenvalue weighted by Crippen LogP contribution is -2.51. The first kappa shape index (κ1) is 21.6. The highest BCUT2D eigenvalue weighted by atomic mass is 32.2. The van der Waals surface area contributed by atoms with E-state index in [1.165, 1.54) is 59.4 Å². The Bertz CT molecular complexity index is 1010. The van der Waals surface area contributed by atoms with Gasteiger partial charge < -0.3 is 14.5 Å². The molecule has 0 atom stereocenters. The van der Waals surface area contributed by atoms with E-state index in [4.69, 9.17) is 4.74 Å². The van der Waals surface area contributed by atoms with Crippen LogP contribution < -0.4 is 9.04 Å². The number of anilines is 1. The van der Waals surface area contributed by atoms with E-state index in [1.54, 1.807) is 0 Å². The van der Waals surface area contributed by atoms with E-state index in [2.05, 4.69) is 0 Å². The first-order valence-electron chi connectivity index (χ1n) is 9.25. The van der Waals surface area contributed by atoms with Gasteiger partial charge >= 0.3 is 0 Å². The normalized spacial score (nSPS) is 14.3. The molecule has 0 spiro atoms. The molecule has 2 aromatic carbocycles. The average molecular weight is 435 g/mol. The van der Waals surface area contributed by atoms with E-state index in [9.17, 15) is 22.4 Å². The Kier molecular flexibility index (Phi) is 6.56. The number of hydrogen-bond acceptors (Lipinski definition) is 5.